The van der Waals surface area contributed by atoms with Crippen LogP contribution in [0, 0.1) is 0 Å². The summed E-state index contributed by atoms with van der Waals surface area (Å²) in [6.07, 6.45) is 1.94. The molecule has 2 aromatic rings. The number of hydrogen-bond acceptors (Lipinski definition) is 3. The van der Waals surface area contributed by atoms with Crippen LogP contribution in [0.2, 0.25) is 0 Å². The molecular formula is C16H20BrN3. The standard InChI is InChI=1S/C16H20BrN3/c1-3-18-10-13-8-9-16(19-11-13)20(2)12-14-6-4-5-7-15(14)17/h4-9,11,18H,3,10,12H2,1-2H3. The molecule has 1 heterocycles. The Labute approximate surface area is 129 Å². The normalized spacial score (nSPS) is 10.6. The fourth-order valence-electron chi connectivity index (χ4n) is 1.98. The Hall–Kier alpha value is -1.39. The summed E-state index contributed by atoms with van der Waals surface area (Å²) in [5.41, 5.74) is 2.47. The number of rotatable bonds is 6. The second kappa shape index (κ2) is 7.41. The molecule has 0 amide bonds. The van der Waals surface area contributed by atoms with E-state index >= 15 is 0 Å². The summed E-state index contributed by atoms with van der Waals surface area (Å²) in [6, 6.07) is 12.5. The lowest BCUT2D eigenvalue weighted by Gasteiger charge is -2.19. The predicted molar refractivity (Wildman–Crippen MR) is 87.9 cm³/mol. The molecule has 2 rings (SSSR count). The molecule has 0 spiro atoms. The molecule has 1 N–H and O–H groups in total. The topological polar surface area (TPSA) is 28.2 Å². The maximum Gasteiger partial charge on any atom is 0.128 e. The SMILES string of the molecule is CCNCc1ccc(N(C)Cc2ccccc2Br)nc1. The van der Waals surface area contributed by atoms with Crippen LogP contribution >= 0.6 is 15.9 Å². The van der Waals surface area contributed by atoms with Gasteiger partial charge in [0.25, 0.3) is 0 Å². The van der Waals surface area contributed by atoms with Crippen LogP contribution in [0.4, 0.5) is 5.82 Å². The van der Waals surface area contributed by atoms with Gasteiger partial charge >= 0.3 is 0 Å². The van der Waals surface area contributed by atoms with Crippen LogP contribution in [0.15, 0.2) is 47.1 Å². The van der Waals surface area contributed by atoms with Gasteiger partial charge in [0.05, 0.1) is 0 Å². The van der Waals surface area contributed by atoms with Gasteiger partial charge in [0.2, 0.25) is 0 Å². The molecule has 0 unspecified atom stereocenters. The van der Waals surface area contributed by atoms with Crippen molar-refractivity contribution in [3.63, 3.8) is 0 Å². The van der Waals surface area contributed by atoms with Gasteiger partial charge in [0, 0.05) is 30.8 Å². The number of nitrogens with zero attached hydrogens (tertiary/aromatic N) is 2. The Morgan fingerprint density at radius 1 is 1.20 bits per heavy atom. The van der Waals surface area contributed by atoms with Gasteiger partial charge in [-0.3, -0.25) is 0 Å². The van der Waals surface area contributed by atoms with Crippen molar-refractivity contribution >= 4 is 21.7 Å². The smallest absolute Gasteiger partial charge is 0.128 e. The van der Waals surface area contributed by atoms with Gasteiger partial charge < -0.3 is 10.2 Å². The fourth-order valence-corrected chi connectivity index (χ4v) is 2.39. The first-order chi connectivity index (χ1) is 9.70. The highest BCUT2D eigenvalue weighted by Crippen LogP contribution is 2.19. The van der Waals surface area contributed by atoms with Gasteiger partial charge in [-0.25, -0.2) is 4.98 Å². The zero-order valence-corrected chi connectivity index (χ0v) is 13.5. The van der Waals surface area contributed by atoms with Gasteiger partial charge in [0.15, 0.2) is 0 Å². The molecular weight excluding hydrogens is 314 g/mol. The van der Waals surface area contributed by atoms with Gasteiger partial charge in [0.1, 0.15) is 5.82 Å². The van der Waals surface area contributed by atoms with Gasteiger partial charge in [-0.1, -0.05) is 47.1 Å². The van der Waals surface area contributed by atoms with E-state index in [1.165, 1.54) is 11.1 Å². The molecule has 1 aromatic carbocycles. The zero-order chi connectivity index (χ0) is 14.4. The average molecular weight is 334 g/mol. The lowest BCUT2D eigenvalue weighted by atomic mass is 10.2. The highest BCUT2D eigenvalue weighted by Gasteiger charge is 2.06. The number of halogens is 1. The molecule has 4 heteroatoms. The van der Waals surface area contributed by atoms with Crippen molar-refractivity contribution in [2.45, 2.75) is 20.0 Å². The van der Waals surface area contributed by atoms with Gasteiger partial charge in [-0.15, -0.1) is 0 Å². The molecule has 3 nitrogen and oxygen atoms in total. The first-order valence-corrected chi connectivity index (χ1v) is 7.60. The van der Waals surface area contributed by atoms with Crippen LogP contribution in [0.5, 0.6) is 0 Å². The van der Waals surface area contributed by atoms with E-state index in [-0.39, 0.29) is 0 Å². The lowest BCUT2D eigenvalue weighted by Crippen LogP contribution is -2.18. The molecule has 0 aliphatic carbocycles. The molecule has 0 bridgehead atoms. The number of anilines is 1. The Bertz CT molecular complexity index is 540. The van der Waals surface area contributed by atoms with Crippen molar-refractivity contribution in [3.8, 4) is 0 Å². The Kier molecular flexibility index (Phi) is 5.56. The van der Waals surface area contributed by atoms with Crippen molar-refractivity contribution < 1.29 is 0 Å². The zero-order valence-electron chi connectivity index (χ0n) is 11.9. The van der Waals surface area contributed by atoms with Crippen molar-refractivity contribution in [3.05, 3.63) is 58.2 Å². The predicted octanol–water partition coefficient (Wildman–Crippen LogP) is 3.59. The second-order valence-electron chi connectivity index (χ2n) is 4.75. The average Bonchev–Trinajstić information content (AvgIpc) is 2.48. The van der Waals surface area contributed by atoms with Crippen LogP contribution < -0.4 is 10.2 Å². The minimum Gasteiger partial charge on any atom is -0.355 e. The number of aromatic nitrogens is 1. The van der Waals surface area contributed by atoms with E-state index in [1.54, 1.807) is 0 Å². The largest absolute Gasteiger partial charge is 0.355 e. The number of hydrogen-bond donors (Lipinski definition) is 1. The first kappa shape index (κ1) is 15.0. The minimum atomic E-state index is 0.834. The van der Waals surface area contributed by atoms with Crippen LogP contribution in [0.1, 0.15) is 18.1 Å². The quantitative estimate of drug-likeness (QED) is 0.875. The van der Waals surface area contributed by atoms with Gasteiger partial charge in [-0.2, -0.15) is 0 Å². The van der Waals surface area contributed by atoms with Crippen molar-refractivity contribution in [1.82, 2.24) is 10.3 Å². The summed E-state index contributed by atoms with van der Waals surface area (Å²) in [6.45, 7) is 4.79. The molecule has 20 heavy (non-hydrogen) atoms. The van der Waals surface area contributed by atoms with Crippen LogP contribution in [-0.4, -0.2) is 18.6 Å². The first-order valence-electron chi connectivity index (χ1n) is 6.81. The highest BCUT2D eigenvalue weighted by atomic mass is 79.9. The monoisotopic (exact) mass is 333 g/mol. The second-order valence-corrected chi connectivity index (χ2v) is 5.61. The van der Waals surface area contributed by atoms with Crippen LogP contribution in [0.25, 0.3) is 0 Å². The van der Waals surface area contributed by atoms with Crippen molar-refractivity contribution in [2.24, 2.45) is 0 Å². The fraction of sp³-hybridized carbons (Fsp3) is 0.312. The van der Waals surface area contributed by atoms with Crippen molar-refractivity contribution in [1.29, 1.82) is 0 Å². The Morgan fingerprint density at radius 2 is 2.00 bits per heavy atom. The molecule has 0 aliphatic rings. The minimum absolute atomic E-state index is 0.834. The van der Waals surface area contributed by atoms with E-state index in [0.29, 0.717) is 0 Å². The molecule has 0 radical (unpaired) electrons. The summed E-state index contributed by atoms with van der Waals surface area (Å²) >= 11 is 3.58. The summed E-state index contributed by atoms with van der Waals surface area (Å²) < 4.78 is 1.13. The number of benzene rings is 1. The van der Waals surface area contributed by atoms with E-state index in [1.807, 2.05) is 12.3 Å². The third-order valence-corrected chi connectivity index (χ3v) is 3.92. The van der Waals surface area contributed by atoms with E-state index in [2.05, 4.69) is 75.4 Å². The Balaban J connectivity index is 2.02. The molecule has 0 saturated heterocycles. The van der Waals surface area contributed by atoms with Gasteiger partial charge in [-0.05, 0) is 29.8 Å². The molecule has 106 valence electrons. The van der Waals surface area contributed by atoms with E-state index < -0.39 is 0 Å². The van der Waals surface area contributed by atoms with E-state index in [4.69, 9.17) is 0 Å². The summed E-state index contributed by atoms with van der Waals surface area (Å²) in [5.74, 6) is 0.987. The molecule has 0 saturated carbocycles. The summed E-state index contributed by atoms with van der Waals surface area (Å²) in [5, 5.41) is 3.30. The lowest BCUT2D eigenvalue weighted by molar-refractivity contribution is 0.724. The molecule has 1 aromatic heterocycles. The molecule has 0 atom stereocenters. The third kappa shape index (κ3) is 4.05. The molecule has 0 aliphatic heterocycles. The third-order valence-electron chi connectivity index (χ3n) is 3.14. The maximum atomic E-state index is 4.53. The Morgan fingerprint density at radius 3 is 2.65 bits per heavy atom. The van der Waals surface area contributed by atoms with E-state index in [9.17, 15) is 0 Å². The highest BCUT2D eigenvalue weighted by molar-refractivity contribution is 9.10. The summed E-state index contributed by atoms with van der Waals surface area (Å²) in [7, 11) is 2.06. The van der Waals surface area contributed by atoms with Crippen LogP contribution in [-0.2, 0) is 13.1 Å². The van der Waals surface area contributed by atoms with Crippen molar-refractivity contribution in [2.75, 3.05) is 18.5 Å². The number of pyridine rings is 1. The molecule has 0 fully saturated rings. The number of nitrogens with one attached hydrogen (secondary N) is 1. The van der Waals surface area contributed by atoms with E-state index in [0.717, 1.165) is 29.9 Å². The van der Waals surface area contributed by atoms with Crippen LogP contribution in [0.3, 0.4) is 0 Å². The maximum absolute atomic E-state index is 4.53. The summed E-state index contributed by atoms with van der Waals surface area (Å²) in [4.78, 5) is 6.68.